The van der Waals surface area contributed by atoms with Gasteiger partial charge in [-0.15, -0.1) is 0 Å². The van der Waals surface area contributed by atoms with E-state index in [9.17, 15) is 5.11 Å². The van der Waals surface area contributed by atoms with Crippen molar-refractivity contribution in [2.45, 2.75) is 33.0 Å². The van der Waals surface area contributed by atoms with E-state index in [2.05, 4.69) is 13.2 Å². The molecular weight excluding hydrogens is 352 g/mol. The lowest BCUT2D eigenvalue weighted by Gasteiger charge is -2.25. The second-order valence-electron chi connectivity index (χ2n) is 6.74. The van der Waals surface area contributed by atoms with Crippen LogP contribution in [0.5, 0.6) is 11.5 Å². The van der Waals surface area contributed by atoms with E-state index in [4.69, 9.17) is 14.2 Å². The molecule has 0 aliphatic carbocycles. The fraction of sp³-hybridized carbons (Fsp3) is 0.333. The largest absolute Gasteiger partial charge is 0.496 e. The number of rotatable bonds is 10. The first-order valence-electron chi connectivity index (χ1n) is 9.31. The van der Waals surface area contributed by atoms with Gasteiger partial charge < -0.3 is 19.3 Å². The molecule has 4 nitrogen and oxygen atoms in total. The molecule has 1 atom stereocenters. The van der Waals surface area contributed by atoms with Gasteiger partial charge >= 0.3 is 0 Å². The van der Waals surface area contributed by atoms with Crippen molar-refractivity contribution in [1.29, 1.82) is 0 Å². The predicted octanol–water partition coefficient (Wildman–Crippen LogP) is 5.02. The van der Waals surface area contributed by atoms with Gasteiger partial charge in [0, 0.05) is 16.7 Å². The number of benzene rings is 2. The Morgan fingerprint density at radius 3 is 2.32 bits per heavy atom. The minimum Gasteiger partial charge on any atom is -0.496 e. The van der Waals surface area contributed by atoms with Crippen molar-refractivity contribution < 1.29 is 19.3 Å². The van der Waals surface area contributed by atoms with E-state index in [1.165, 1.54) is 0 Å². The molecule has 150 valence electrons. The SMILES string of the molecule is C=Cc1c(OC)c(C)c(CCOCc2ccccc2)c(OC)c1[C@@H](O)C(=C)C. The Labute approximate surface area is 168 Å². The van der Waals surface area contributed by atoms with Gasteiger partial charge in [-0.2, -0.15) is 0 Å². The molecule has 0 saturated heterocycles. The van der Waals surface area contributed by atoms with Gasteiger partial charge in [0.2, 0.25) is 0 Å². The van der Waals surface area contributed by atoms with Crippen molar-refractivity contribution in [3.8, 4) is 11.5 Å². The van der Waals surface area contributed by atoms with Crippen LogP contribution in [0.3, 0.4) is 0 Å². The molecule has 2 aromatic rings. The van der Waals surface area contributed by atoms with Gasteiger partial charge in [0.15, 0.2) is 0 Å². The smallest absolute Gasteiger partial charge is 0.129 e. The zero-order valence-electron chi connectivity index (χ0n) is 17.2. The lowest BCUT2D eigenvalue weighted by molar-refractivity contribution is 0.123. The normalized spacial score (nSPS) is 11.8. The molecular formula is C24H30O4. The summed E-state index contributed by atoms with van der Waals surface area (Å²) in [6.07, 6.45) is 1.44. The van der Waals surface area contributed by atoms with Crippen LogP contribution in [0.25, 0.3) is 6.08 Å². The number of aliphatic hydroxyl groups is 1. The van der Waals surface area contributed by atoms with E-state index in [1.54, 1.807) is 27.2 Å². The van der Waals surface area contributed by atoms with E-state index >= 15 is 0 Å². The van der Waals surface area contributed by atoms with Gasteiger partial charge in [-0.25, -0.2) is 0 Å². The Hall–Kier alpha value is -2.56. The first-order chi connectivity index (χ1) is 13.5. The summed E-state index contributed by atoms with van der Waals surface area (Å²) in [5.41, 5.74) is 5.01. The maximum Gasteiger partial charge on any atom is 0.129 e. The topological polar surface area (TPSA) is 47.9 Å². The number of hydrogen-bond donors (Lipinski definition) is 1. The Morgan fingerprint density at radius 1 is 1.14 bits per heavy atom. The van der Waals surface area contributed by atoms with E-state index in [0.717, 1.165) is 22.3 Å². The molecule has 0 radical (unpaired) electrons. The summed E-state index contributed by atoms with van der Waals surface area (Å²) in [6, 6.07) is 10.1. The number of hydrogen-bond acceptors (Lipinski definition) is 4. The van der Waals surface area contributed by atoms with Crippen molar-refractivity contribution in [3.05, 3.63) is 76.9 Å². The maximum absolute atomic E-state index is 10.8. The van der Waals surface area contributed by atoms with Crippen LogP contribution in [0.15, 0.2) is 49.1 Å². The van der Waals surface area contributed by atoms with Gasteiger partial charge in [0.25, 0.3) is 0 Å². The van der Waals surface area contributed by atoms with Crippen LogP contribution in [0.2, 0.25) is 0 Å². The summed E-state index contributed by atoms with van der Waals surface area (Å²) in [4.78, 5) is 0. The van der Waals surface area contributed by atoms with Crippen LogP contribution < -0.4 is 9.47 Å². The third kappa shape index (κ3) is 4.64. The standard InChI is InChI=1S/C24H30O4/c1-7-19-21(22(25)16(2)3)24(27-6)20(17(4)23(19)26-5)13-14-28-15-18-11-9-8-10-12-18/h7-12,22,25H,1-2,13-15H2,3-6H3/t22-/m0/s1. The molecule has 28 heavy (non-hydrogen) atoms. The maximum atomic E-state index is 10.8. The van der Waals surface area contributed by atoms with Gasteiger partial charge in [0.1, 0.15) is 17.6 Å². The van der Waals surface area contributed by atoms with Gasteiger partial charge in [-0.3, -0.25) is 0 Å². The minimum atomic E-state index is -0.874. The van der Waals surface area contributed by atoms with E-state index in [-0.39, 0.29) is 0 Å². The molecule has 0 fully saturated rings. The molecule has 1 N–H and O–H groups in total. The molecule has 0 saturated carbocycles. The van der Waals surface area contributed by atoms with Crippen LogP contribution in [-0.4, -0.2) is 25.9 Å². The molecule has 4 heteroatoms. The summed E-state index contributed by atoms with van der Waals surface area (Å²) in [5.74, 6) is 1.32. The third-order valence-corrected chi connectivity index (χ3v) is 4.81. The Balaban J connectivity index is 2.37. The molecule has 0 bridgehead atoms. The quantitative estimate of drug-likeness (QED) is 0.463. The summed E-state index contributed by atoms with van der Waals surface area (Å²) >= 11 is 0. The second-order valence-corrected chi connectivity index (χ2v) is 6.74. The van der Waals surface area contributed by atoms with Gasteiger partial charge in [0.05, 0.1) is 27.4 Å². The molecule has 0 unspecified atom stereocenters. The lowest BCUT2D eigenvalue weighted by atomic mass is 9.89. The molecule has 0 spiro atoms. The zero-order chi connectivity index (χ0) is 20.7. The molecule has 2 aromatic carbocycles. The fourth-order valence-electron chi connectivity index (χ4n) is 3.37. The molecule has 0 aliphatic heterocycles. The van der Waals surface area contributed by atoms with Crippen molar-refractivity contribution in [3.63, 3.8) is 0 Å². The van der Waals surface area contributed by atoms with E-state index in [1.807, 2.05) is 37.3 Å². The van der Waals surface area contributed by atoms with E-state index in [0.29, 0.717) is 42.3 Å². The first-order valence-corrected chi connectivity index (χ1v) is 9.31. The summed E-state index contributed by atoms with van der Waals surface area (Å²) in [5, 5.41) is 10.8. The minimum absolute atomic E-state index is 0.519. The summed E-state index contributed by atoms with van der Waals surface area (Å²) in [7, 11) is 3.23. The van der Waals surface area contributed by atoms with Gasteiger partial charge in [-0.1, -0.05) is 49.6 Å². The highest BCUT2D eigenvalue weighted by Gasteiger charge is 2.26. The van der Waals surface area contributed by atoms with Crippen LogP contribution in [0, 0.1) is 6.92 Å². The Morgan fingerprint density at radius 2 is 1.79 bits per heavy atom. The van der Waals surface area contributed by atoms with Crippen LogP contribution in [-0.2, 0) is 17.8 Å². The van der Waals surface area contributed by atoms with Crippen LogP contribution in [0.1, 0.15) is 40.8 Å². The van der Waals surface area contributed by atoms with Crippen LogP contribution in [0.4, 0.5) is 0 Å². The number of aliphatic hydroxyl groups excluding tert-OH is 1. The predicted molar refractivity (Wildman–Crippen MR) is 114 cm³/mol. The molecule has 0 amide bonds. The number of ether oxygens (including phenoxy) is 3. The van der Waals surface area contributed by atoms with Crippen LogP contribution >= 0.6 is 0 Å². The summed E-state index contributed by atoms with van der Waals surface area (Å²) < 4.78 is 17.2. The fourth-order valence-corrected chi connectivity index (χ4v) is 3.37. The molecule has 0 heterocycles. The molecule has 0 aliphatic rings. The second kappa shape index (κ2) is 10.1. The Kier molecular flexibility index (Phi) is 7.85. The Bertz CT molecular complexity index is 824. The summed E-state index contributed by atoms with van der Waals surface area (Å²) in [6.45, 7) is 12.6. The van der Waals surface area contributed by atoms with Gasteiger partial charge in [-0.05, 0) is 37.0 Å². The highest BCUT2D eigenvalue weighted by Crippen LogP contribution is 2.43. The van der Waals surface area contributed by atoms with Crippen molar-refractivity contribution in [2.75, 3.05) is 20.8 Å². The monoisotopic (exact) mass is 382 g/mol. The molecule has 2 rings (SSSR count). The lowest BCUT2D eigenvalue weighted by Crippen LogP contribution is -2.12. The highest BCUT2D eigenvalue weighted by atomic mass is 16.5. The highest BCUT2D eigenvalue weighted by molar-refractivity contribution is 5.70. The average molecular weight is 383 g/mol. The average Bonchev–Trinajstić information content (AvgIpc) is 2.71. The third-order valence-electron chi connectivity index (χ3n) is 4.81. The van der Waals surface area contributed by atoms with Crippen molar-refractivity contribution in [1.82, 2.24) is 0 Å². The zero-order valence-corrected chi connectivity index (χ0v) is 17.2. The van der Waals surface area contributed by atoms with Crippen molar-refractivity contribution >= 4 is 6.08 Å². The number of methoxy groups -OCH3 is 2. The van der Waals surface area contributed by atoms with Crippen molar-refractivity contribution in [2.24, 2.45) is 0 Å². The van der Waals surface area contributed by atoms with E-state index < -0.39 is 6.10 Å². The first kappa shape index (κ1) is 21.7. The molecule has 0 aromatic heterocycles.